The molecule has 1 aromatic heterocycles. The first kappa shape index (κ1) is 17.1. The molecule has 3 aromatic rings. The monoisotopic (exact) mass is 366 g/mol. The number of para-hydroxylation sites is 1. The molecule has 6 nitrogen and oxygen atoms in total. The molecule has 1 heterocycles. The smallest absolute Gasteiger partial charge is 0.368 e. The lowest BCUT2D eigenvalue weighted by molar-refractivity contribution is 0.148. The number of hydrogen-bond donors (Lipinski definition) is 0. The molecule has 0 atom stereocenters. The number of aryl methyl sites for hydroxylation is 1. The van der Waals surface area contributed by atoms with Gasteiger partial charge in [0, 0.05) is 18.2 Å². The zero-order chi connectivity index (χ0) is 18.0. The quantitative estimate of drug-likeness (QED) is 0.696. The average molecular weight is 367 g/mol. The second-order valence-corrected chi connectivity index (χ2v) is 5.57. The molecule has 0 saturated carbocycles. The van der Waals surface area contributed by atoms with E-state index < -0.39 is 12.1 Å². The van der Waals surface area contributed by atoms with E-state index in [1.54, 1.807) is 24.3 Å². The highest BCUT2D eigenvalue weighted by atomic mass is 35.5. The van der Waals surface area contributed by atoms with Crippen LogP contribution in [0.3, 0.4) is 0 Å². The molecule has 0 radical (unpaired) electrons. The van der Waals surface area contributed by atoms with E-state index >= 15 is 0 Å². The molecule has 25 heavy (non-hydrogen) atoms. The molecule has 0 aliphatic carbocycles. The first-order chi connectivity index (χ1) is 12.0. The van der Waals surface area contributed by atoms with Crippen molar-refractivity contribution >= 4 is 11.6 Å². The Bertz CT molecular complexity index is 955. The maximum Gasteiger partial charge on any atom is 0.368 e. The third-order valence-electron chi connectivity index (χ3n) is 3.58. The Labute approximate surface area is 146 Å². The highest BCUT2D eigenvalue weighted by molar-refractivity contribution is 6.32. The molecule has 0 aliphatic heterocycles. The lowest BCUT2D eigenvalue weighted by Crippen LogP contribution is -2.23. The summed E-state index contributed by atoms with van der Waals surface area (Å²) in [5.41, 5.74) is -0.476. The van der Waals surface area contributed by atoms with E-state index in [2.05, 4.69) is 10.4 Å². The summed E-state index contributed by atoms with van der Waals surface area (Å²) in [6.07, 6.45) is -2.74. The molecule has 130 valence electrons. The fraction of sp³-hybridized carbons (Fsp3) is 0.188. The third-order valence-corrected chi connectivity index (χ3v) is 3.89. The number of ether oxygens (including phenoxy) is 1. The molecule has 0 aliphatic rings. The van der Waals surface area contributed by atoms with Crippen molar-refractivity contribution in [3.63, 3.8) is 0 Å². The van der Waals surface area contributed by atoms with Gasteiger partial charge in [-0.25, -0.2) is 13.6 Å². The summed E-state index contributed by atoms with van der Waals surface area (Å²) in [7, 11) is 1.42. The lowest BCUT2D eigenvalue weighted by Gasteiger charge is -2.15. The van der Waals surface area contributed by atoms with Crippen molar-refractivity contribution < 1.29 is 13.5 Å². The molecule has 2 aromatic carbocycles. The average Bonchev–Trinajstić information content (AvgIpc) is 2.93. The minimum absolute atomic E-state index is 0.139. The Morgan fingerprint density at radius 2 is 1.92 bits per heavy atom. The molecule has 0 amide bonds. The highest BCUT2D eigenvalue weighted by Gasteiger charge is 2.20. The van der Waals surface area contributed by atoms with E-state index in [4.69, 9.17) is 16.3 Å². The zero-order valence-electron chi connectivity index (χ0n) is 13.1. The van der Waals surface area contributed by atoms with Crippen molar-refractivity contribution in [2.24, 2.45) is 7.05 Å². The van der Waals surface area contributed by atoms with Crippen molar-refractivity contribution in [2.45, 2.75) is 13.0 Å². The van der Waals surface area contributed by atoms with Crippen LogP contribution in [0.5, 0.6) is 5.75 Å². The Hall–Kier alpha value is -2.74. The number of alkyl halides is 2. The second-order valence-electron chi connectivity index (χ2n) is 5.16. The van der Waals surface area contributed by atoms with Gasteiger partial charge in [-0.2, -0.15) is 9.36 Å². The molecular weight excluding hydrogens is 354 g/mol. The first-order valence-corrected chi connectivity index (χ1v) is 7.63. The summed E-state index contributed by atoms with van der Waals surface area (Å²) >= 11 is 6.02. The van der Waals surface area contributed by atoms with Crippen molar-refractivity contribution in [3.05, 3.63) is 69.1 Å². The van der Waals surface area contributed by atoms with Crippen LogP contribution in [-0.4, -0.2) is 19.8 Å². The fourth-order valence-electron chi connectivity index (χ4n) is 2.33. The molecule has 0 unspecified atom stereocenters. The van der Waals surface area contributed by atoms with Crippen LogP contribution >= 0.6 is 11.6 Å². The van der Waals surface area contributed by atoms with E-state index in [9.17, 15) is 13.6 Å². The number of nitrogens with zero attached hydrogens (tertiary/aromatic N) is 4. The SMILES string of the molecule is Cn1nnn(-c2cccc(C(F)F)c2COc2ccccc2Cl)c1=O. The van der Waals surface area contributed by atoms with Crippen molar-refractivity contribution in [2.75, 3.05) is 0 Å². The van der Waals surface area contributed by atoms with E-state index in [-0.39, 0.29) is 23.4 Å². The third kappa shape index (κ3) is 3.39. The van der Waals surface area contributed by atoms with Crippen molar-refractivity contribution in [3.8, 4) is 11.4 Å². The van der Waals surface area contributed by atoms with E-state index in [1.807, 2.05) is 0 Å². The van der Waals surface area contributed by atoms with Gasteiger partial charge in [-0.15, -0.1) is 0 Å². The number of halogens is 3. The van der Waals surface area contributed by atoms with Gasteiger partial charge in [0.05, 0.1) is 10.7 Å². The van der Waals surface area contributed by atoms with Crippen LogP contribution in [0.4, 0.5) is 8.78 Å². The Kier molecular flexibility index (Phi) is 4.80. The predicted molar refractivity (Wildman–Crippen MR) is 87.3 cm³/mol. The maximum atomic E-state index is 13.4. The minimum atomic E-state index is -2.74. The van der Waals surface area contributed by atoms with Gasteiger partial charge in [-0.3, -0.25) is 0 Å². The van der Waals surface area contributed by atoms with Gasteiger partial charge in [0.2, 0.25) is 0 Å². The standard InChI is InChI=1S/C16H13ClF2N4O2/c1-22-16(24)23(21-20-22)13-7-4-5-10(15(18)19)11(13)9-25-14-8-3-2-6-12(14)17/h2-8,15H,9H2,1H3. The molecular formula is C16H13ClF2N4O2. The van der Waals surface area contributed by atoms with Gasteiger partial charge in [0.15, 0.2) is 0 Å². The van der Waals surface area contributed by atoms with Gasteiger partial charge in [-0.05, 0) is 28.6 Å². The van der Waals surface area contributed by atoms with Crippen LogP contribution in [0.1, 0.15) is 17.6 Å². The Balaban J connectivity index is 2.05. The van der Waals surface area contributed by atoms with Crippen molar-refractivity contribution in [1.29, 1.82) is 0 Å². The van der Waals surface area contributed by atoms with E-state index in [1.165, 1.54) is 25.2 Å². The van der Waals surface area contributed by atoms with Gasteiger partial charge in [0.1, 0.15) is 12.4 Å². The normalized spacial score (nSPS) is 11.1. The summed E-state index contributed by atoms with van der Waals surface area (Å²) < 4.78 is 34.4. The summed E-state index contributed by atoms with van der Waals surface area (Å²) in [5.74, 6) is 0.352. The van der Waals surface area contributed by atoms with Crippen molar-refractivity contribution in [1.82, 2.24) is 19.8 Å². The van der Waals surface area contributed by atoms with Gasteiger partial charge >= 0.3 is 5.69 Å². The summed E-state index contributed by atoms with van der Waals surface area (Å²) in [6.45, 7) is -0.206. The minimum Gasteiger partial charge on any atom is -0.487 e. The Morgan fingerprint density at radius 1 is 1.16 bits per heavy atom. The molecule has 3 rings (SSSR count). The number of benzene rings is 2. The molecule has 0 spiro atoms. The predicted octanol–water partition coefficient (Wildman–Crippen LogP) is 3.14. The van der Waals surface area contributed by atoms with E-state index in [0.29, 0.717) is 10.8 Å². The van der Waals surface area contributed by atoms with Crippen LogP contribution in [0.2, 0.25) is 5.02 Å². The van der Waals surface area contributed by atoms with E-state index in [0.717, 1.165) is 9.36 Å². The summed E-state index contributed by atoms with van der Waals surface area (Å²) in [6, 6.07) is 10.9. The number of hydrogen-bond acceptors (Lipinski definition) is 4. The van der Waals surface area contributed by atoms with Crippen LogP contribution in [0, 0.1) is 0 Å². The molecule has 0 fully saturated rings. The van der Waals surface area contributed by atoms with Crippen LogP contribution < -0.4 is 10.4 Å². The number of rotatable bonds is 5. The number of tetrazole rings is 1. The second kappa shape index (κ2) is 7.02. The largest absolute Gasteiger partial charge is 0.487 e. The van der Waals surface area contributed by atoms with Crippen LogP contribution in [0.25, 0.3) is 5.69 Å². The lowest BCUT2D eigenvalue weighted by atomic mass is 10.1. The highest BCUT2D eigenvalue weighted by Crippen LogP contribution is 2.30. The number of aromatic nitrogens is 4. The van der Waals surface area contributed by atoms with Gasteiger partial charge in [-0.1, -0.05) is 35.9 Å². The maximum absolute atomic E-state index is 13.4. The summed E-state index contributed by atoms with van der Waals surface area (Å²) in [4.78, 5) is 12.1. The van der Waals surface area contributed by atoms with Gasteiger partial charge < -0.3 is 4.74 Å². The van der Waals surface area contributed by atoms with Crippen LogP contribution in [-0.2, 0) is 13.7 Å². The topological polar surface area (TPSA) is 61.9 Å². The fourth-order valence-corrected chi connectivity index (χ4v) is 2.52. The molecule has 0 saturated heterocycles. The molecule has 9 heteroatoms. The Morgan fingerprint density at radius 3 is 2.56 bits per heavy atom. The molecule has 0 N–H and O–H groups in total. The summed E-state index contributed by atoms with van der Waals surface area (Å²) in [5, 5.41) is 7.67. The zero-order valence-corrected chi connectivity index (χ0v) is 13.8. The molecule has 0 bridgehead atoms. The first-order valence-electron chi connectivity index (χ1n) is 7.25. The van der Waals surface area contributed by atoms with Crippen LogP contribution in [0.15, 0.2) is 47.3 Å². The van der Waals surface area contributed by atoms with Gasteiger partial charge in [0.25, 0.3) is 6.43 Å².